The highest BCUT2D eigenvalue weighted by Crippen LogP contribution is 2.29. The van der Waals surface area contributed by atoms with Gasteiger partial charge in [-0.15, -0.1) is 0 Å². The SMILES string of the molecule is CCOC(=O)C1CCCN(C(=O)c2ccc(CSc3nc(N4CCN(C/C=C/c5ccccc5)CC4)cc(C(C)(C)C)n3)cc2)C1. The Bertz CT molecular complexity index is 1480. The maximum Gasteiger partial charge on any atom is 0.310 e. The van der Waals surface area contributed by atoms with Gasteiger partial charge in [0.05, 0.1) is 18.2 Å². The minimum absolute atomic E-state index is 0.0358. The maximum atomic E-state index is 13.2. The second-order valence-electron chi connectivity index (χ2n) is 13.1. The minimum Gasteiger partial charge on any atom is -0.466 e. The summed E-state index contributed by atoms with van der Waals surface area (Å²) in [4.78, 5) is 42.0. The zero-order valence-corrected chi connectivity index (χ0v) is 28.5. The molecule has 0 bridgehead atoms. The van der Waals surface area contributed by atoms with E-state index in [-0.39, 0.29) is 23.2 Å². The van der Waals surface area contributed by atoms with Gasteiger partial charge in [0, 0.05) is 68.6 Å². The van der Waals surface area contributed by atoms with Crippen molar-refractivity contribution in [2.75, 3.05) is 57.3 Å². The number of esters is 1. The first-order valence-electron chi connectivity index (χ1n) is 16.5. The van der Waals surface area contributed by atoms with E-state index in [4.69, 9.17) is 14.7 Å². The van der Waals surface area contributed by atoms with Crippen LogP contribution in [0.15, 0.2) is 71.9 Å². The van der Waals surface area contributed by atoms with Gasteiger partial charge < -0.3 is 14.5 Å². The van der Waals surface area contributed by atoms with Crippen LogP contribution in [-0.4, -0.2) is 84.1 Å². The summed E-state index contributed by atoms with van der Waals surface area (Å²) < 4.78 is 5.20. The molecule has 8 nitrogen and oxygen atoms in total. The Balaban J connectivity index is 1.18. The van der Waals surface area contributed by atoms with Crippen LogP contribution >= 0.6 is 11.8 Å². The van der Waals surface area contributed by atoms with Gasteiger partial charge in [0.25, 0.3) is 5.91 Å². The summed E-state index contributed by atoms with van der Waals surface area (Å²) in [6.45, 7) is 14.6. The third-order valence-corrected chi connectivity index (χ3v) is 9.45. The fourth-order valence-corrected chi connectivity index (χ4v) is 6.58. The summed E-state index contributed by atoms with van der Waals surface area (Å²) in [7, 11) is 0. The average molecular weight is 642 g/mol. The molecule has 0 N–H and O–H groups in total. The van der Waals surface area contributed by atoms with Gasteiger partial charge in [-0.2, -0.15) is 0 Å². The summed E-state index contributed by atoms with van der Waals surface area (Å²) in [6.07, 6.45) is 6.02. The van der Waals surface area contributed by atoms with E-state index in [2.05, 4.69) is 73.1 Å². The molecule has 2 saturated heterocycles. The Labute approximate surface area is 278 Å². The number of hydrogen-bond acceptors (Lipinski definition) is 8. The van der Waals surface area contributed by atoms with Crippen LogP contribution in [0.5, 0.6) is 0 Å². The Hall–Kier alpha value is -3.69. The number of piperazine rings is 1. The Morgan fingerprint density at radius 3 is 2.41 bits per heavy atom. The summed E-state index contributed by atoms with van der Waals surface area (Å²) in [6, 6.07) is 20.4. The first-order valence-corrected chi connectivity index (χ1v) is 17.4. The number of nitrogens with zero attached hydrogens (tertiary/aromatic N) is 5. The van der Waals surface area contributed by atoms with Gasteiger partial charge in [-0.25, -0.2) is 9.97 Å². The van der Waals surface area contributed by atoms with Crippen LogP contribution in [0.1, 0.15) is 67.7 Å². The van der Waals surface area contributed by atoms with E-state index in [1.54, 1.807) is 16.7 Å². The minimum atomic E-state index is -0.243. The van der Waals surface area contributed by atoms with E-state index in [0.717, 1.165) is 67.8 Å². The number of carbonyl (C=O) groups is 2. The van der Waals surface area contributed by atoms with Crippen molar-refractivity contribution in [3.05, 3.63) is 89.1 Å². The van der Waals surface area contributed by atoms with E-state index in [0.29, 0.717) is 31.0 Å². The molecule has 46 heavy (non-hydrogen) atoms. The first kappa shape index (κ1) is 33.7. The van der Waals surface area contributed by atoms with E-state index < -0.39 is 0 Å². The lowest BCUT2D eigenvalue weighted by molar-refractivity contribution is -0.149. The molecule has 1 atom stereocenters. The standard InChI is InChI=1S/C37H47N5O3S/c1-5-45-35(44)31-14-10-20-42(26-31)34(43)30-17-15-29(16-18-30)27-46-36-38-32(37(2,3)4)25-33(39-36)41-23-21-40(22-24-41)19-9-13-28-11-7-6-8-12-28/h6-9,11-13,15-18,25,31H,5,10,14,19-24,26-27H2,1-4H3/b13-9+. The Morgan fingerprint density at radius 1 is 0.978 bits per heavy atom. The molecule has 1 unspecified atom stereocenters. The maximum absolute atomic E-state index is 13.2. The smallest absolute Gasteiger partial charge is 0.310 e. The second kappa shape index (κ2) is 15.7. The summed E-state index contributed by atoms with van der Waals surface area (Å²) in [5.74, 6) is 1.21. The number of rotatable bonds is 10. The van der Waals surface area contributed by atoms with E-state index in [1.807, 2.05) is 37.3 Å². The molecule has 2 aliphatic heterocycles. The number of thioether (sulfide) groups is 1. The molecule has 9 heteroatoms. The molecular formula is C37H47N5O3S. The lowest BCUT2D eigenvalue weighted by Crippen LogP contribution is -2.46. The molecule has 2 aliphatic rings. The van der Waals surface area contributed by atoms with Gasteiger partial charge in [-0.1, -0.05) is 87.1 Å². The zero-order valence-electron chi connectivity index (χ0n) is 27.7. The van der Waals surface area contributed by atoms with Crippen LogP contribution in [0.4, 0.5) is 5.82 Å². The fourth-order valence-electron chi connectivity index (χ4n) is 5.77. The molecule has 244 valence electrons. The van der Waals surface area contributed by atoms with Crippen LogP contribution in [0.2, 0.25) is 0 Å². The lowest BCUT2D eigenvalue weighted by atomic mass is 9.92. The quantitative estimate of drug-likeness (QED) is 0.145. The summed E-state index contributed by atoms with van der Waals surface area (Å²) >= 11 is 1.63. The van der Waals surface area contributed by atoms with Gasteiger partial charge in [0.2, 0.25) is 0 Å². The number of amides is 1. The van der Waals surface area contributed by atoms with Crippen molar-refractivity contribution in [3.63, 3.8) is 0 Å². The first-order chi connectivity index (χ1) is 22.2. The zero-order chi connectivity index (χ0) is 32.5. The van der Waals surface area contributed by atoms with Crippen molar-refractivity contribution in [2.45, 2.75) is 56.9 Å². The molecule has 3 heterocycles. The number of carbonyl (C=O) groups excluding carboxylic acids is 2. The molecule has 0 aliphatic carbocycles. The molecule has 5 rings (SSSR count). The largest absolute Gasteiger partial charge is 0.466 e. The number of ether oxygens (including phenoxy) is 1. The van der Waals surface area contributed by atoms with Crippen LogP contribution in [0.25, 0.3) is 6.08 Å². The van der Waals surface area contributed by atoms with Gasteiger partial charge in [-0.3, -0.25) is 14.5 Å². The van der Waals surface area contributed by atoms with Crippen molar-refractivity contribution in [3.8, 4) is 0 Å². The third-order valence-electron chi connectivity index (χ3n) is 8.53. The fraction of sp³-hybridized carbons (Fsp3) is 0.459. The number of likely N-dealkylation sites (tertiary alicyclic amines) is 1. The van der Waals surface area contributed by atoms with Crippen molar-refractivity contribution < 1.29 is 14.3 Å². The van der Waals surface area contributed by atoms with Crippen molar-refractivity contribution >= 4 is 35.5 Å². The Morgan fingerprint density at radius 2 is 1.72 bits per heavy atom. The highest BCUT2D eigenvalue weighted by molar-refractivity contribution is 7.98. The predicted octanol–water partition coefficient (Wildman–Crippen LogP) is 6.32. The summed E-state index contributed by atoms with van der Waals surface area (Å²) in [5, 5.41) is 0.772. The number of benzene rings is 2. The molecule has 1 aromatic heterocycles. The van der Waals surface area contributed by atoms with Gasteiger partial charge in [-0.05, 0) is 43.0 Å². The molecule has 0 spiro atoms. The van der Waals surface area contributed by atoms with Crippen LogP contribution in [0, 0.1) is 5.92 Å². The molecular weight excluding hydrogens is 595 g/mol. The molecule has 3 aromatic rings. The summed E-state index contributed by atoms with van der Waals surface area (Å²) in [5.41, 5.74) is 3.92. The second-order valence-corrected chi connectivity index (χ2v) is 14.0. The van der Waals surface area contributed by atoms with E-state index in [1.165, 1.54) is 5.56 Å². The van der Waals surface area contributed by atoms with Crippen molar-refractivity contribution in [1.82, 2.24) is 19.8 Å². The van der Waals surface area contributed by atoms with Gasteiger partial charge in [0.1, 0.15) is 5.82 Å². The number of anilines is 1. The lowest BCUT2D eigenvalue weighted by Gasteiger charge is -2.35. The molecule has 0 radical (unpaired) electrons. The molecule has 0 saturated carbocycles. The average Bonchev–Trinajstić information content (AvgIpc) is 3.08. The van der Waals surface area contributed by atoms with E-state index in [9.17, 15) is 9.59 Å². The normalized spacial score (nSPS) is 17.8. The third kappa shape index (κ3) is 9.19. The topological polar surface area (TPSA) is 78.9 Å². The molecule has 2 fully saturated rings. The molecule has 2 aromatic carbocycles. The van der Waals surface area contributed by atoms with Crippen molar-refractivity contribution in [1.29, 1.82) is 0 Å². The highest BCUT2D eigenvalue weighted by atomic mass is 32.2. The van der Waals surface area contributed by atoms with Crippen molar-refractivity contribution in [2.24, 2.45) is 5.92 Å². The predicted molar refractivity (Wildman–Crippen MR) is 186 cm³/mol. The molecule has 1 amide bonds. The highest BCUT2D eigenvalue weighted by Gasteiger charge is 2.30. The number of hydrogen-bond donors (Lipinski definition) is 0. The van der Waals surface area contributed by atoms with Crippen LogP contribution < -0.4 is 4.90 Å². The van der Waals surface area contributed by atoms with Gasteiger partial charge in [0.15, 0.2) is 5.16 Å². The number of aromatic nitrogens is 2. The van der Waals surface area contributed by atoms with Gasteiger partial charge >= 0.3 is 5.97 Å². The number of piperidine rings is 1. The van der Waals surface area contributed by atoms with E-state index >= 15 is 0 Å². The monoisotopic (exact) mass is 641 g/mol. The Kier molecular flexibility index (Phi) is 11.5. The van der Waals surface area contributed by atoms with Crippen LogP contribution in [0.3, 0.4) is 0 Å². The van der Waals surface area contributed by atoms with Crippen LogP contribution in [-0.2, 0) is 20.7 Å².